The number of nitrogens with one attached hydrogen (secondary N) is 2. The number of hydrogen-bond acceptors (Lipinski definition) is 5. The number of aliphatic hydroxyl groups is 1. The van der Waals surface area contributed by atoms with Crippen LogP contribution in [0.5, 0.6) is 0 Å². The molecule has 0 aromatic heterocycles. The van der Waals surface area contributed by atoms with Crippen molar-refractivity contribution >= 4 is 29.5 Å². The van der Waals surface area contributed by atoms with E-state index in [-0.39, 0.29) is 23.8 Å². The Balaban J connectivity index is 1.57. The monoisotopic (exact) mass is 577 g/mol. The average Bonchev–Trinajstić information content (AvgIpc) is 3.26. The summed E-state index contributed by atoms with van der Waals surface area (Å²) in [4.78, 5) is 41.9. The summed E-state index contributed by atoms with van der Waals surface area (Å²) >= 11 is 1.44. The van der Waals surface area contributed by atoms with E-state index in [0.717, 1.165) is 16.7 Å². The number of halogens is 1. The molecule has 216 valence electrons. The Morgan fingerprint density at radius 1 is 1.00 bits per heavy atom. The van der Waals surface area contributed by atoms with Crippen molar-refractivity contribution in [2.24, 2.45) is 0 Å². The van der Waals surface area contributed by atoms with E-state index >= 15 is 0 Å². The standard InChI is InChI=1S/C32H36FN3O4S/c1-20-11-8-9-15-23(20)18-34-30(39)28-32(3,4)41-19-36(28)31(40)27(37)25(17-22-13-6-5-7-14-22)35-29(38)26-21(2)12-10-16-24(26)33/h5-16,25,27-28,37H,17-19H2,1-4H3,(H,34,39)(H,35,38). The van der Waals surface area contributed by atoms with Crippen molar-refractivity contribution < 1.29 is 23.9 Å². The summed E-state index contributed by atoms with van der Waals surface area (Å²) in [5.41, 5.74) is 3.08. The number of carbonyl (C=O) groups is 3. The van der Waals surface area contributed by atoms with Gasteiger partial charge in [-0.3, -0.25) is 14.4 Å². The van der Waals surface area contributed by atoms with Gasteiger partial charge in [0, 0.05) is 11.3 Å². The van der Waals surface area contributed by atoms with Crippen molar-refractivity contribution in [2.45, 2.75) is 63.6 Å². The maximum Gasteiger partial charge on any atom is 0.254 e. The van der Waals surface area contributed by atoms with Gasteiger partial charge in [0.15, 0.2) is 6.10 Å². The van der Waals surface area contributed by atoms with Crippen LogP contribution in [0.15, 0.2) is 72.8 Å². The Hall–Kier alpha value is -3.69. The zero-order valence-electron chi connectivity index (χ0n) is 23.7. The van der Waals surface area contributed by atoms with E-state index in [9.17, 15) is 23.9 Å². The van der Waals surface area contributed by atoms with E-state index in [0.29, 0.717) is 12.1 Å². The maximum atomic E-state index is 14.6. The maximum absolute atomic E-state index is 14.6. The zero-order chi connectivity index (χ0) is 29.7. The Morgan fingerprint density at radius 2 is 1.66 bits per heavy atom. The Bertz CT molecular complexity index is 1390. The van der Waals surface area contributed by atoms with Crippen LogP contribution >= 0.6 is 11.8 Å². The van der Waals surface area contributed by atoms with Crippen molar-refractivity contribution in [2.75, 3.05) is 5.88 Å². The fourth-order valence-corrected chi connectivity index (χ4v) is 6.25. The number of aliphatic hydroxyl groups excluding tert-OH is 1. The van der Waals surface area contributed by atoms with Gasteiger partial charge in [0.05, 0.1) is 17.5 Å². The third-order valence-electron chi connectivity index (χ3n) is 7.49. The normalized spacial score (nSPS) is 17.5. The molecule has 7 nitrogen and oxygen atoms in total. The first-order valence-electron chi connectivity index (χ1n) is 13.5. The van der Waals surface area contributed by atoms with Gasteiger partial charge in [0.2, 0.25) is 5.91 Å². The molecule has 9 heteroatoms. The van der Waals surface area contributed by atoms with Gasteiger partial charge < -0.3 is 20.6 Å². The highest BCUT2D eigenvalue weighted by molar-refractivity contribution is 8.00. The summed E-state index contributed by atoms with van der Waals surface area (Å²) in [6.07, 6.45) is -1.55. The van der Waals surface area contributed by atoms with Gasteiger partial charge in [0.1, 0.15) is 11.9 Å². The SMILES string of the molecule is Cc1ccccc1CNC(=O)C1N(C(=O)C(O)C(Cc2ccccc2)NC(=O)c2c(C)cccc2F)CSC1(C)C. The van der Waals surface area contributed by atoms with Crippen LogP contribution in [0, 0.1) is 19.7 Å². The van der Waals surface area contributed by atoms with Crippen LogP contribution in [-0.2, 0) is 22.6 Å². The van der Waals surface area contributed by atoms with E-state index in [2.05, 4.69) is 10.6 Å². The Morgan fingerprint density at radius 3 is 2.34 bits per heavy atom. The minimum atomic E-state index is -1.67. The van der Waals surface area contributed by atoms with Gasteiger partial charge >= 0.3 is 0 Å². The first-order chi connectivity index (χ1) is 19.5. The summed E-state index contributed by atoms with van der Waals surface area (Å²) in [6.45, 7) is 7.67. The molecule has 0 bridgehead atoms. The summed E-state index contributed by atoms with van der Waals surface area (Å²) in [6, 6.07) is 19.3. The van der Waals surface area contributed by atoms with Crippen molar-refractivity contribution in [1.29, 1.82) is 0 Å². The molecule has 0 spiro atoms. The average molecular weight is 578 g/mol. The van der Waals surface area contributed by atoms with Crippen LogP contribution in [0.2, 0.25) is 0 Å². The molecule has 3 amide bonds. The number of nitrogens with zero attached hydrogens (tertiary/aromatic N) is 1. The lowest BCUT2D eigenvalue weighted by Gasteiger charge is -2.33. The Kier molecular flexibility index (Phi) is 9.50. The fourth-order valence-electron chi connectivity index (χ4n) is 5.11. The minimum absolute atomic E-state index is 0.126. The van der Waals surface area contributed by atoms with Crippen LogP contribution in [0.25, 0.3) is 0 Å². The molecular formula is C32H36FN3O4S. The Labute approximate surface area is 244 Å². The van der Waals surface area contributed by atoms with Crippen molar-refractivity contribution in [3.05, 3.63) is 106 Å². The van der Waals surface area contributed by atoms with E-state index in [1.165, 1.54) is 28.8 Å². The van der Waals surface area contributed by atoms with Gasteiger partial charge in [-0.2, -0.15) is 0 Å². The molecule has 1 heterocycles. The summed E-state index contributed by atoms with van der Waals surface area (Å²) in [5.74, 6) is -2.22. The van der Waals surface area contributed by atoms with Gasteiger partial charge in [-0.15, -0.1) is 11.8 Å². The first kappa shape index (κ1) is 30.3. The smallest absolute Gasteiger partial charge is 0.254 e. The third-order valence-corrected chi connectivity index (χ3v) is 8.86. The highest BCUT2D eigenvalue weighted by Gasteiger charge is 2.49. The zero-order valence-corrected chi connectivity index (χ0v) is 24.5. The number of thioether (sulfide) groups is 1. The number of carbonyl (C=O) groups excluding carboxylic acids is 3. The second-order valence-electron chi connectivity index (χ2n) is 10.9. The molecule has 1 fully saturated rings. The lowest BCUT2D eigenvalue weighted by molar-refractivity contribution is -0.147. The molecular weight excluding hydrogens is 541 g/mol. The predicted octanol–water partition coefficient (Wildman–Crippen LogP) is 4.14. The van der Waals surface area contributed by atoms with Crippen molar-refractivity contribution in [3.8, 4) is 0 Å². The summed E-state index contributed by atoms with van der Waals surface area (Å²) in [7, 11) is 0. The third kappa shape index (κ3) is 6.97. The second kappa shape index (κ2) is 12.9. The molecule has 3 aromatic carbocycles. The fraction of sp³-hybridized carbons (Fsp3) is 0.344. The second-order valence-corrected chi connectivity index (χ2v) is 12.5. The molecule has 0 radical (unpaired) electrons. The highest BCUT2D eigenvalue weighted by atomic mass is 32.2. The molecule has 0 saturated carbocycles. The van der Waals surface area contributed by atoms with E-state index < -0.39 is 40.6 Å². The number of aryl methyl sites for hydroxylation is 2. The van der Waals surface area contributed by atoms with Gasteiger partial charge in [-0.25, -0.2) is 4.39 Å². The van der Waals surface area contributed by atoms with Crippen molar-refractivity contribution in [1.82, 2.24) is 15.5 Å². The highest BCUT2D eigenvalue weighted by Crippen LogP contribution is 2.40. The minimum Gasteiger partial charge on any atom is -0.381 e. The van der Waals surface area contributed by atoms with E-state index in [1.54, 1.807) is 13.0 Å². The molecule has 3 atom stereocenters. The van der Waals surface area contributed by atoms with Gasteiger partial charge in [-0.05, 0) is 62.4 Å². The lowest BCUT2D eigenvalue weighted by Crippen LogP contribution is -2.58. The van der Waals surface area contributed by atoms with Crippen LogP contribution in [0.4, 0.5) is 4.39 Å². The molecule has 3 unspecified atom stereocenters. The molecule has 1 aliphatic heterocycles. The van der Waals surface area contributed by atoms with E-state index in [4.69, 9.17) is 0 Å². The molecule has 3 aromatic rings. The summed E-state index contributed by atoms with van der Waals surface area (Å²) < 4.78 is 14.0. The number of benzene rings is 3. The quantitative estimate of drug-likeness (QED) is 0.355. The molecule has 1 saturated heterocycles. The van der Waals surface area contributed by atoms with Crippen LogP contribution < -0.4 is 10.6 Å². The number of amides is 3. The molecule has 0 aliphatic carbocycles. The van der Waals surface area contributed by atoms with Crippen LogP contribution in [0.3, 0.4) is 0 Å². The predicted molar refractivity (Wildman–Crippen MR) is 159 cm³/mol. The molecule has 4 rings (SSSR count). The van der Waals surface area contributed by atoms with Crippen LogP contribution in [-0.4, -0.2) is 56.5 Å². The molecule has 41 heavy (non-hydrogen) atoms. The van der Waals surface area contributed by atoms with Crippen molar-refractivity contribution in [3.63, 3.8) is 0 Å². The number of hydrogen-bond donors (Lipinski definition) is 3. The molecule has 3 N–H and O–H groups in total. The van der Waals surface area contributed by atoms with Gasteiger partial charge in [-0.1, -0.05) is 66.7 Å². The van der Waals surface area contributed by atoms with Gasteiger partial charge in [0.25, 0.3) is 11.8 Å². The van der Waals surface area contributed by atoms with E-state index in [1.807, 2.05) is 75.4 Å². The summed E-state index contributed by atoms with van der Waals surface area (Å²) in [5, 5.41) is 17.1. The topological polar surface area (TPSA) is 98.7 Å². The van der Waals surface area contributed by atoms with Crippen LogP contribution in [0.1, 0.15) is 46.5 Å². The number of rotatable bonds is 9. The lowest BCUT2D eigenvalue weighted by atomic mass is 9.96. The first-order valence-corrected chi connectivity index (χ1v) is 14.5. The largest absolute Gasteiger partial charge is 0.381 e. The molecule has 1 aliphatic rings.